The summed E-state index contributed by atoms with van der Waals surface area (Å²) in [4.78, 5) is 29.4. The fraction of sp³-hybridized carbons (Fsp3) is 0.300. The maximum absolute atomic E-state index is 12.2. The molecule has 1 aliphatic heterocycles. The smallest absolute Gasteiger partial charge is 0.410 e. The summed E-state index contributed by atoms with van der Waals surface area (Å²) in [5.74, 6) is 0.00727. The number of carbonyl (C=O) groups is 2. The van der Waals surface area contributed by atoms with Gasteiger partial charge < -0.3 is 20.7 Å². The van der Waals surface area contributed by atoms with E-state index in [9.17, 15) is 14.9 Å². The van der Waals surface area contributed by atoms with E-state index in [2.05, 4.69) is 16.4 Å². The predicted molar refractivity (Wildman–Crippen MR) is 104 cm³/mol. The van der Waals surface area contributed by atoms with Crippen LogP contribution in [0.3, 0.4) is 0 Å². The van der Waals surface area contributed by atoms with Crippen LogP contribution < -0.4 is 11.1 Å². The lowest BCUT2D eigenvalue weighted by Crippen LogP contribution is -2.37. The third-order valence-corrected chi connectivity index (χ3v) is 4.51. The number of pyridine rings is 1. The van der Waals surface area contributed by atoms with Gasteiger partial charge in [-0.1, -0.05) is 12.1 Å². The molecule has 0 fully saturated rings. The van der Waals surface area contributed by atoms with Crippen molar-refractivity contribution in [2.24, 2.45) is 0 Å². The Balaban J connectivity index is 2.07. The van der Waals surface area contributed by atoms with Gasteiger partial charge in [0.1, 0.15) is 17.5 Å². The highest BCUT2D eigenvalue weighted by Gasteiger charge is 2.28. The Morgan fingerprint density at radius 2 is 2.07 bits per heavy atom. The van der Waals surface area contributed by atoms with Gasteiger partial charge in [-0.25, -0.2) is 9.78 Å². The molecule has 0 spiro atoms. The topological polar surface area (TPSA) is 121 Å². The second-order valence-corrected chi connectivity index (χ2v) is 6.41. The van der Waals surface area contributed by atoms with Crippen LogP contribution in [0.1, 0.15) is 30.7 Å². The van der Waals surface area contributed by atoms with E-state index in [0.717, 1.165) is 16.8 Å². The van der Waals surface area contributed by atoms with Gasteiger partial charge >= 0.3 is 6.09 Å². The van der Waals surface area contributed by atoms with Gasteiger partial charge in [-0.2, -0.15) is 5.26 Å². The molecule has 3 N–H and O–H groups in total. The van der Waals surface area contributed by atoms with E-state index >= 15 is 0 Å². The summed E-state index contributed by atoms with van der Waals surface area (Å²) in [7, 11) is 0. The first kappa shape index (κ1) is 19.2. The molecule has 2 aromatic rings. The lowest BCUT2D eigenvalue weighted by atomic mass is 9.91. The molecule has 2 amide bonds. The normalized spacial score (nSPS) is 12.7. The van der Waals surface area contributed by atoms with E-state index in [1.807, 2.05) is 12.1 Å². The maximum Gasteiger partial charge on any atom is 0.410 e. The number of nitriles is 1. The van der Waals surface area contributed by atoms with E-state index in [-0.39, 0.29) is 17.3 Å². The third-order valence-electron chi connectivity index (χ3n) is 4.51. The lowest BCUT2D eigenvalue weighted by Gasteiger charge is -2.29. The minimum Gasteiger partial charge on any atom is -0.450 e. The Morgan fingerprint density at radius 1 is 1.36 bits per heavy atom. The van der Waals surface area contributed by atoms with Crippen LogP contribution in [-0.4, -0.2) is 35.0 Å². The highest BCUT2D eigenvalue weighted by Crippen LogP contribution is 2.35. The monoisotopic (exact) mass is 379 g/mol. The number of nitrogen functional groups attached to an aromatic ring is 1. The molecular formula is C20H21N5O3. The van der Waals surface area contributed by atoms with Crippen LogP contribution in [-0.2, 0) is 22.5 Å². The second kappa shape index (κ2) is 7.96. The van der Waals surface area contributed by atoms with Gasteiger partial charge in [-0.3, -0.25) is 4.79 Å². The maximum atomic E-state index is 12.2. The molecule has 1 aromatic heterocycles. The summed E-state index contributed by atoms with van der Waals surface area (Å²) < 4.78 is 5.11. The van der Waals surface area contributed by atoms with Gasteiger partial charge in [0.25, 0.3) is 0 Å². The van der Waals surface area contributed by atoms with Crippen molar-refractivity contribution in [3.63, 3.8) is 0 Å². The first-order chi connectivity index (χ1) is 13.4. The van der Waals surface area contributed by atoms with E-state index in [0.29, 0.717) is 37.4 Å². The first-order valence-electron chi connectivity index (χ1n) is 8.95. The standard InChI is InChI=1S/C20H21N5O3/c1-3-28-20(27)25-9-8-17-16(11-25)18(15(10-21)19(22)24-17)13-4-6-14(7-5-13)23-12(2)26/h4-7H,3,8-9,11H2,1-2H3,(H2,22,24)(H,23,26). The van der Waals surface area contributed by atoms with Gasteiger partial charge in [0, 0.05) is 36.7 Å². The number of rotatable bonds is 3. The molecule has 8 heteroatoms. The van der Waals surface area contributed by atoms with Crippen molar-refractivity contribution in [3.05, 3.63) is 41.1 Å². The van der Waals surface area contributed by atoms with Crippen LogP contribution in [0.5, 0.6) is 0 Å². The molecule has 0 saturated carbocycles. The van der Waals surface area contributed by atoms with Gasteiger partial charge in [-0.05, 0) is 24.6 Å². The molecule has 0 aliphatic carbocycles. The second-order valence-electron chi connectivity index (χ2n) is 6.41. The number of nitrogens with zero attached hydrogens (tertiary/aromatic N) is 3. The minimum atomic E-state index is -0.393. The molecule has 2 heterocycles. The van der Waals surface area contributed by atoms with Crippen LogP contribution in [0.2, 0.25) is 0 Å². The number of carbonyl (C=O) groups excluding carboxylic acids is 2. The van der Waals surface area contributed by atoms with Gasteiger partial charge in [-0.15, -0.1) is 0 Å². The third kappa shape index (κ3) is 3.74. The summed E-state index contributed by atoms with van der Waals surface area (Å²) in [6.07, 6.45) is 0.136. The zero-order valence-electron chi connectivity index (χ0n) is 15.8. The lowest BCUT2D eigenvalue weighted by molar-refractivity contribution is -0.114. The number of hydrogen-bond acceptors (Lipinski definition) is 6. The molecule has 0 bridgehead atoms. The van der Waals surface area contributed by atoms with Crippen LogP contribution in [0, 0.1) is 11.3 Å². The predicted octanol–water partition coefficient (Wildman–Crippen LogP) is 2.68. The number of fused-ring (bicyclic) bond motifs is 1. The Labute approximate surface area is 162 Å². The van der Waals surface area contributed by atoms with E-state index in [1.165, 1.54) is 6.92 Å². The SMILES string of the molecule is CCOC(=O)N1CCc2nc(N)c(C#N)c(-c3ccc(NC(C)=O)cc3)c2C1. The molecule has 3 rings (SSSR count). The van der Waals surface area contributed by atoms with Gasteiger partial charge in [0.15, 0.2) is 0 Å². The van der Waals surface area contributed by atoms with Crippen molar-refractivity contribution in [2.45, 2.75) is 26.8 Å². The number of ether oxygens (including phenoxy) is 1. The van der Waals surface area contributed by atoms with Gasteiger partial charge in [0.05, 0.1) is 18.8 Å². The summed E-state index contributed by atoms with van der Waals surface area (Å²) in [5, 5.41) is 12.4. The van der Waals surface area contributed by atoms with Crippen LogP contribution in [0.15, 0.2) is 24.3 Å². The molecule has 8 nitrogen and oxygen atoms in total. The highest BCUT2D eigenvalue weighted by molar-refractivity contribution is 5.89. The molecule has 0 unspecified atom stereocenters. The summed E-state index contributed by atoms with van der Waals surface area (Å²) in [6.45, 7) is 4.26. The van der Waals surface area contributed by atoms with E-state index in [1.54, 1.807) is 24.0 Å². The van der Waals surface area contributed by atoms with Crippen molar-refractivity contribution in [2.75, 3.05) is 24.2 Å². The van der Waals surface area contributed by atoms with E-state index in [4.69, 9.17) is 10.5 Å². The zero-order valence-corrected chi connectivity index (χ0v) is 15.8. The Bertz CT molecular complexity index is 963. The van der Waals surface area contributed by atoms with Crippen LogP contribution >= 0.6 is 0 Å². The van der Waals surface area contributed by atoms with Crippen molar-refractivity contribution in [1.82, 2.24) is 9.88 Å². The first-order valence-corrected chi connectivity index (χ1v) is 8.95. The zero-order chi connectivity index (χ0) is 20.3. The van der Waals surface area contributed by atoms with Crippen molar-refractivity contribution in [3.8, 4) is 17.2 Å². The van der Waals surface area contributed by atoms with E-state index < -0.39 is 6.09 Å². The average Bonchev–Trinajstić information content (AvgIpc) is 2.67. The minimum absolute atomic E-state index is 0.166. The Morgan fingerprint density at radius 3 is 2.68 bits per heavy atom. The molecule has 1 aromatic carbocycles. The van der Waals surface area contributed by atoms with Crippen LogP contribution in [0.25, 0.3) is 11.1 Å². The summed E-state index contributed by atoms with van der Waals surface area (Å²) >= 11 is 0. The number of amides is 2. The molecule has 0 atom stereocenters. The number of anilines is 2. The highest BCUT2D eigenvalue weighted by atomic mass is 16.6. The molecular weight excluding hydrogens is 358 g/mol. The number of benzene rings is 1. The fourth-order valence-electron chi connectivity index (χ4n) is 3.31. The molecule has 0 radical (unpaired) electrons. The largest absolute Gasteiger partial charge is 0.450 e. The molecule has 28 heavy (non-hydrogen) atoms. The fourth-order valence-corrected chi connectivity index (χ4v) is 3.31. The number of hydrogen-bond donors (Lipinski definition) is 2. The summed E-state index contributed by atoms with van der Waals surface area (Å²) in [5.41, 5.74) is 9.95. The molecule has 0 saturated heterocycles. The number of aromatic nitrogens is 1. The Hall–Kier alpha value is -3.60. The van der Waals surface area contributed by atoms with Crippen molar-refractivity contribution < 1.29 is 14.3 Å². The summed E-state index contributed by atoms with van der Waals surface area (Å²) in [6, 6.07) is 9.27. The van der Waals surface area contributed by atoms with Gasteiger partial charge in [0.2, 0.25) is 5.91 Å². The number of nitrogens with two attached hydrogens (primary N) is 1. The average molecular weight is 379 g/mol. The van der Waals surface area contributed by atoms with Crippen LogP contribution in [0.4, 0.5) is 16.3 Å². The Kier molecular flexibility index (Phi) is 5.45. The molecule has 1 aliphatic rings. The number of nitrogens with one attached hydrogen (secondary N) is 1. The quantitative estimate of drug-likeness (QED) is 0.845. The molecule has 144 valence electrons. The van der Waals surface area contributed by atoms with Crippen molar-refractivity contribution in [1.29, 1.82) is 5.26 Å². The van der Waals surface area contributed by atoms with Crippen molar-refractivity contribution >= 4 is 23.5 Å².